The number of nitrogens with zero attached hydrogens (tertiary/aromatic N) is 1. The van der Waals surface area contributed by atoms with Crippen LogP contribution >= 0.6 is 0 Å². The lowest BCUT2D eigenvalue weighted by Gasteiger charge is -2.05. The Morgan fingerprint density at radius 2 is 2.08 bits per heavy atom. The highest BCUT2D eigenvalue weighted by Crippen LogP contribution is 2.32. The summed E-state index contributed by atoms with van der Waals surface area (Å²) in [4.78, 5) is 15.5. The fourth-order valence-electron chi connectivity index (χ4n) is 2.85. The van der Waals surface area contributed by atoms with Crippen molar-refractivity contribution in [3.8, 4) is 17.6 Å². The molecule has 3 aromatic rings. The summed E-state index contributed by atoms with van der Waals surface area (Å²) in [5, 5.41) is 13.1. The third-order valence-electron chi connectivity index (χ3n) is 4.18. The minimum Gasteiger partial charge on any atom is -0.454 e. The number of ether oxygens (including phenoxy) is 2. The van der Waals surface area contributed by atoms with E-state index in [4.69, 9.17) is 9.47 Å². The van der Waals surface area contributed by atoms with Crippen LogP contribution in [0.2, 0.25) is 0 Å². The first-order valence-electron chi connectivity index (χ1n) is 8.09. The Balaban J connectivity index is 1.50. The number of H-pyrrole nitrogens is 1. The van der Waals surface area contributed by atoms with E-state index in [0.717, 1.165) is 22.0 Å². The summed E-state index contributed by atoms with van der Waals surface area (Å²) >= 11 is 0. The van der Waals surface area contributed by atoms with Gasteiger partial charge in [-0.05, 0) is 29.8 Å². The zero-order valence-corrected chi connectivity index (χ0v) is 13.8. The molecule has 1 aliphatic rings. The van der Waals surface area contributed by atoms with Gasteiger partial charge in [-0.25, -0.2) is 0 Å². The first-order valence-corrected chi connectivity index (χ1v) is 8.09. The Bertz CT molecular complexity index is 1060. The first kappa shape index (κ1) is 15.8. The van der Waals surface area contributed by atoms with E-state index in [0.29, 0.717) is 18.0 Å². The Hall–Kier alpha value is -3.72. The minimum atomic E-state index is -0.421. The van der Waals surface area contributed by atoms with Crippen LogP contribution in [0.25, 0.3) is 17.0 Å². The molecule has 6 heteroatoms. The van der Waals surface area contributed by atoms with Gasteiger partial charge in [0, 0.05) is 29.2 Å². The van der Waals surface area contributed by atoms with Gasteiger partial charge < -0.3 is 19.8 Å². The molecule has 1 aliphatic heterocycles. The molecule has 0 aliphatic carbocycles. The number of hydrogen-bond acceptors (Lipinski definition) is 4. The normalized spacial score (nSPS) is 12.8. The number of nitriles is 1. The molecule has 0 spiro atoms. The Morgan fingerprint density at radius 3 is 2.96 bits per heavy atom. The number of nitrogens with one attached hydrogen (secondary N) is 2. The number of aromatic amines is 1. The molecule has 2 heterocycles. The number of rotatable bonds is 4. The van der Waals surface area contributed by atoms with Gasteiger partial charge in [0.05, 0.1) is 0 Å². The van der Waals surface area contributed by atoms with Gasteiger partial charge >= 0.3 is 0 Å². The number of para-hydroxylation sites is 1. The molecule has 0 bridgehead atoms. The molecule has 4 rings (SSSR count). The van der Waals surface area contributed by atoms with Gasteiger partial charge in [-0.1, -0.05) is 24.3 Å². The van der Waals surface area contributed by atoms with Crippen LogP contribution in [0.5, 0.6) is 11.5 Å². The number of benzene rings is 2. The maximum atomic E-state index is 12.4. The number of fused-ring (bicyclic) bond motifs is 2. The van der Waals surface area contributed by atoms with Gasteiger partial charge in [0.15, 0.2) is 11.5 Å². The monoisotopic (exact) mass is 345 g/mol. The fourth-order valence-corrected chi connectivity index (χ4v) is 2.85. The van der Waals surface area contributed by atoms with Gasteiger partial charge in [0.25, 0.3) is 5.91 Å². The van der Waals surface area contributed by atoms with E-state index in [2.05, 4.69) is 10.3 Å². The Labute approximate surface area is 149 Å². The van der Waals surface area contributed by atoms with Crippen molar-refractivity contribution in [2.45, 2.75) is 6.54 Å². The second kappa shape index (κ2) is 6.65. The third-order valence-corrected chi connectivity index (χ3v) is 4.18. The van der Waals surface area contributed by atoms with Crippen LogP contribution in [-0.2, 0) is 11.3 Å². The molecule has 6 nitrogen and oxygen atoms in total. The van der Waals surface area contributed by atoms with Crippen molar-refractivity contribution in [1.29, 1.82) is 5.26 Å². The number of hydrogen-bond donors (Lipinski definition) is 2. The summed E-state index contributed by atoms with van der Waals surface area (Å²) in [6.45, 7) is 0.499. The molecule has 0 saturated carbocycles. The van der Waals surface area contributed by atoms with Crippen molar-refractivity contribution >= 4 is 22.9 Å². The van der Waals surface area contributed by atoms with Crippen LogP contribution < -0.4 is 14.8 Å². The number of carbonyl (C=O) groups is 1. The zero-order chi connectivity index (χ0) is 17.9. The van der Waals surface area contributed by atoms with Crippen LogP contribution in [0.4, 0.5) is 0 Å². The van der Waals surface area contributed by atoms with Crippen LogP contribution in [-0.4, -0.2) is 17.7 Å². The fraction of sp³-hybridized carbons (Fsp3) is 0.100. The summed E-state index contributed by atoms with van der Waals surface area (Å²) in [6, 6.07) is 15.2. The van der Waals surface area contributed by atoms with Gasteiger partial charge in [-0.15, -0.1) is 0 Å². The van der Waals surface area contributed by atoms with Crippen molar-refractivity contribution in [2.75, 3.05) is 6.79 Å². The van der Waals surface area contributed by atoms with Crippen molar-refractivity contribution in [3.63, 3.8) is 0 Å². The molecule has 2 N–H and O–H groups in total. The largest absolute Gasteiger partial charge is 0.454 e. The van der Waals surface area contributed by atoms with Crippen LogP contribution in [0.15, 0.2) is 54.2 Å². The number of aromatic nitrogens is 1. The van der Waals surface area contributed by atoms with E-state index < -0.39 is 5.91 Å². The standard InChI is InChI=1S/C20H15N3O3/c21-9-14(8-15-11-22-17-4-2-1-3-16(15)17)20(24)23-10-13-5-6-18-19(7-13)26-12-25-18/h1-8,11,22H,10,12H2,(H,23,24)/b14-8+. The van der Waals surface area contributed by atoms with Crippen molar-refractivity contribution < 1.29 is 14.3 Å². The third kappa shape index (κ3) is 2.98. The summed E-state index contributed by atoms with van der Waals surface area (Å²) < 4.78 is 10.6. The van der Waals surface area contributed by atoms with E-state index >= 15 is 0 Å². The van der Waals surface area contributed by atoms with Crippen LogP contribution in [0, 0.1) is 11.3 Å². The average Bonchev–Trinajstić information content (AvgIpc) is 3.30. The van der Waals surface area contributed by atoms with Gasteiger partial charge in [-0.3, -0.25) is 4.79 Å². The molecular formula is C20H15N3O3. The second-order valence-corrected chi connectivity index (χ2v) is 5.83. The molecule has 0 fully saturated rings. The zero-order valence-electron chi connectivity index (χ0n) is 13.8. The lowest BCUT2D eigenvalue weighted by atomic mass is 10.1. The van der Waals surface area contributed by atoms with Crippen molar-refractivity contribution in [1.82, 2.24) is 10.3 Å². The van der Waals surface area contributed by atoms with E-state index in [1.807, 2.05) is 42.5 Å². The summed E-state index contributed by atoms with van der Waals surface area (Å²) in [5.41, 5.74) is 2.68. The van der Waals surface area contributed by atoms with Gasteiger partial charge in [0.1, 0.15) is 11.6 Å². The highest BCUT2D eigenvalue weighted by molar-refractivity contribution is 6.03. The average molecular weight is 345 g/mol. The van der Waals surface area contributed by atoms with E-state index in [9.17, 15) is 10.1 Å². The molecular weight excluding hydrogens is 330 g/mol. The van der Waals surface area contributed by atoms with E-state index in [-0.39, 0.29) is 12.4 Å². The van der Waals surface area contributed by atoms with Crippen LogP contribution in [0.1, 0.15) is 11.1 Å². The Morgan fingerprint density at radius 1 is 1.23 bits per heavy atom. The molecule has 0 saturated heterocycles. The molecule has 1 aromatic heterocycles. The van der Waals surface area contributed by atoms with Gasteiger partial charge in [-0.2, -0.15) is 5.26 Å². The molecule has 1 amide bonds. The predicted octanol–water partition coefficient (Wildman–Crippen LogP) is 3.12. The second-order valence-electron chi connectivity index (χ2n) is 5.83. The van der Waals surface area contributed by atoms with E-state index in [1.165, 1.54) is 0 Å². The minimum absolute atomic E-state index is 0.0514. The lowest BCUT2D eigenvalue weighted by Crippen LogP contribution is -2.23. The quantitative estimate of drug-likeness (QED) is 0.562. The molecule has 0 radical (unpaired) electrons. The molecule has 26 heavy (non-hydrogen) atoms. The highest BCUT2D eigenvalue weighted by atomic mass is 16.7. The first-order chi connectivity index (χ1) is 12.7. The smallest absolute Gasteiger partial charge is 0.262 e. The van der Waals surface area contributed by atoms with E-state index in [1.54, 1.807) is 18.3 Å². The molecule has 0 unspecified atom stereocenters. The Kier molecular flexibility index (Phi) is 4.04. The highest BCUT2D eigenvalue weighted by Gasteiger charge is 2.14. The SMILES string of the molecule is N#C/C(=C\c1c[nH]c2ccccc12)C(=O)NCc1ccc2c(c1)OCO2. The summed E-state index contributed by atoms with van der Waals surface area (Å²) in [7, 11) is 0. The van der Waals surface area contributed by atoms with Gasteiger partial charge in [0.2, 0.25) is 6.79 Å². The number of carbonyl (C=O) groups excluding carboxylic acids is 1. The maximum absolute atomic E-state index is 12.4. The topological polar surface area (TPSA) is 87.1 Å². The lowest BCUT2D eigenvalue weighted by molar-refractivity contribution is -0.117. The molecule has 0 atom stereocenters. The molecule has 128 valence electrons. The summed E-state index contributed by atoms with van der Waals surface area (Å²) in [5.74, 6) is 0.930. The summed E-state index contributed by atoms with van der Waals surface area (Å²) in [6.07, 6.45) is 3.38. The van der Waals surface area contributed by atoms with Crippen molar-refractivity contribution in [3.05, 3.63) is 65.4 Å². The number of amides is 1. The predicted molar refractivity (Wildman–Crippen MR) is 96.3 cm³/mol. The van der Waals surface area contributed by atoms with Crippen molar-refractivity contribution in [2.24, 2.45) is 0 Å². The molecule has 2 aromatic carbocycles. The maximum Gasteiger partial charge on any atom is 0.262 e. The van der Waals surface area contributed by atoms with Crippen LogP contribution in [0.3, 0.4) is 0 Å².